The number of phenolic OH excluding ortho intramolecular Hbond substituents is 1. The lowest BCUT2D eigenvalue weighted by molar-refractivity contribution is 0.477. The molecule has 1 N–H and O–H groups in total. The third-order valence-electron chi connectivity index (χ3n) is 12.6. The van der Waals surface area contributed by atoms with Gasteiger partial charge in [-0.05, 0) is 129 Å². The minimum absolute atomic E-state index is 0.204. The smallest absolute Gasteiger partial charge is 0.148 e. The average Bonchev–Trinajstić information content (AvgIpc) is 3.91. The molecule has 0 radical (unpaired) electrons. The second-order valence-electron chi connectivity index (χ2n) is 18.2. The maximum atomic E-state index is 11.4. The summed E-state index contributed by atoms with van der Waals surface area (Å²) < 4.78 is 2.24. The van der Waals surface area contributed by atoms with E-state index in [1.807, 2.05) is 18.2 Å². The van der Waals surface area contributed by atoms with Crippen LogP contribution in [-0.4, -0.2) is 21.3 Å². The molecule has 0 fully saturated rings. The Bertz CT molecular complexity index is 2850. The zero-order valence-electron chi connectivity index (χ0n) is 37.8. The minimum atomic E-state index is 0.204. The van der Waals surface area contributed by atoms with Crippen molar-refractivity contribution < 1.29 is 5.11 Å². The summed E-state index contributed by atoms with van der Waals surface area (Å²) in [5.41, 5.74) is 18.5. The molecule has 5 nitrogen and oxygen atoms in total. The van der Waals surface area contributed by atoms with E-state index >= 15 is 0 Å². The molecule has 5 heteroatoms. The molecule has 1 aromatic heterocycles. The van der Waals surface area contributed by atoms with Crippen LogP contribution in [0, 0.1) is 0 Å². The summed E-state index contributed by atoms with van der Waals surface area (Å²) in [7, 11) is 0. The zero-order valence-corrected chi connectivity index (χ0v) is 37.8. The van der Waals surface area contributed by atoms with Gasteiger partial charge in [-0.3, -0.25) is 4.57 Å². The third-order valence-corrected chi connectivity index (χ3v) is 12.6. The quantitative estimate of drug-likeness (QED) is 0.141. The fourth-order valence-corrected chi connectivity index (χ4v) is 9.31. The van der Waals surface area contributed by atoms with Crippen LogP contribution in [0.4, 0.5) is 22.7 Å². The Balaban J connectivity index is 1.18. The molecule has 0 amide bonds. The number of aromatic hydroxyl groups is 1. The van der Waals surface area contributed by atoms with Crippen molar-refractivity contribution >= 4 is 22.7 Å². The molecule has 8 aromatic rings. The molecule has 1 aliphatic heterocycles. The molecule has 0 bridgehead atoms. The molecule has 63 heavy (non-hydrogen) atoms. The van der Waals surface area contributed by atoms with Crippen molar-refractivity contribution in [2.45, 2.75) is 79.1 Å². The van der Waals surface area contributed by atoms with Crippen LogP contribution < -0.4 is 9.80 Å². The van der Waals surface area contributed by atoms with Gasteiger partial charge in [-0.2, -0.15) is 0 Å². The first-order chi connectivity index (χ1) is 30.5. The molecule has 0 aliphatic carbocycles. The van der Waals surface area contributed by atoms with Gasteiger partial charge in [0.1, 0.15) is 18.2 Å². The van der Waals surface area contributed by atoms with E-state index in [4.69, 9.17) is 4.98 Å². The first-order valence-corrected chi connectivity index (χ1v) is 22.6. The third kappa shape index (κ3) is 7.82. The molecule has 7 aromatic carbocycles. The van der Waals surface area contributed by atoms with Crippen LogP contribution in [0.5, 0.6) is 5.75 Å². The highest BCUT2D eigenvalue weighted by Gasteiger charge is 2.32. The number of rotatable bonds is 11. The summed E-state index contributed by atoms with van der Waals surface area (Å²) in [4.78, 5) is 10.4. The van der Waals surface area contributed by atoms with Crippen molar-refractivity contribution in [2.75, 3.05) is 16.5 Å². The maximum Gasteiger partial charge on any atom is 0.148 e. The van der Waals surface area contributed by atoms with E-state index < -0.39 is 0 Å². The number of phenols is 1. The number of hydrogen-bond donors (Lipinski definition) is 1. The Morgan fingerprint density at radius 1 is 0.444 bits per heavy atom. The van der Waals surface area contributed by atoms with Gasteiger partial charge in [0.25, 0.3) is 0 Å². The maximum absolute atomic E-state index is 11.4. The molecule has 0 unspecified atom stereocenters. The Morgan fingerprint density at radius 2 is 0.905 bits per heavy atom. The standard InChI is InChI=1S/C58H58N4O/c1-37(2)48-31-44(41-20-11-9-12-21-41)32-49(38(3)4)56(48)60-35-52(59-58(60)47-26-15-18-29-55(47)63)43-24-19-25-46(30-43)61-36-62(54-28-17-16-27-53(54)61)57-50(39(5)6)33-45(34-51(57)40(7)8)42-22-13-10-14-23-42/h9-35,37-40,63H,36H2,1-8H3. The van der Waals surface area contributed by atoms with Gasteiger partial charge in [0, 0.05) is 23.1 Å². The fourth-order valence-electron chi connectivity index (χ4n) is 9.31. The zero-order chi connectivity index (χ0) is 43.9. The molecule has 0 spiro atoms. The number of imidazole rings is 1. The molecule has 9 rings (SSSR count). The van der Waals surface area contributed by atoms with E-state index in [-0.39, 0.29) is 17.6 Å². The normalized spacial score (nSPS) is 12.6. The topological polar surface area (TPSA) is 44.5 Å². The van der Waals surface area contributed by atoms with Crippen molar-refractivity contribution in [1.29, 1.82) is 0 Å². The number of benzene rings is 7. The highest BCUT2D eigenvalue weighted by molar-refractivity contribution is 5.90. The minimum Gasteiger partial charge on any atom is -0.507 e. The van der Waals surface area contributed by atoms with Crippen molar-refractivity contribution in [2.24, 2.45) is 0 Å². The summed E-state index contributed by atoms with van der Waals surface area (Å²) in [6, 6.07) is 56.1. The number of nitrogens with zero attached hydrogens (tertiary/aromatic N) is 4. The molecule has 2 heterocycles. The number of fused-ring (bicyclic) bond motifs is 1. The molecular formula is C58H58N4O. The Morgan fingerprint density at radius 3 is 1.43 bits per heavy atom. The van der Waals surface area contributed by atoms with Crippen molar-refractivity contribution in [1.82, 2.24) is 9.55 Å². The highest BCUT2D eigenvalue weighted by atomic mass is 16.3. The Hall–Kier alpha value is -6.85. The van der Waals surface area contributed by atoms with Gasteiger partial charge >= 0.3 is 0 Å². The van der Waals surface area contributed by atoms with Gasteiger partial charge in [0.15, 0.2) is 0 Å². The monoisotopic (exact) mass is 826 g/mol. The molecular weight excluding hydrogens is 769 g/mol. The second kappa shape index (κ2) is 17.1. The average molecular weight is 827 g/mol. The molecule has 0 atom stereocenters. The van der Waals surface area contributed by atoms with E-state index in [0.29, 0.717) is 29.9 Å². The van der Waals surface area contributed by atoms with Crippen LogP contribution in [-0.2, 0) is 0 Å². The van der Waals surface area contributed by atoms with Gasteiger partial charge in [-0.25, -0.2) is 4.98 Å². The van der Waals surface area contributed by atoms with Crippen LogP contribution >= 0.6 is 0 Å². The lowest BCUT2D eigenvalue weighted by atomic mass is 9.87. The van der Waals surface area contributed by atoms with Crippen LogP contribution in [0.1, 0.15) is 101 Å². The number of para-hydroxylation sites is 3. The first kappa shape index (κ1) is 41.5. The largest absolute Gasteiger partial charge is 0.507 e. The van der Waals surface area contributed by atoms with Crippen molar-refractivity contribution in [3.05, 3.63) is 186 Å². The molecule has 1 aliphatic rings. The Labute approximate surface area is 374 Å². The SMILES string of the molecule is CC(C)c1cc(-c2ccccc2)cc(C(C)C)c1N1CN(c2cccc(-c3cn(-c4c(C(C)C)cc(-c5ccccc5)cc4C(C)C)c(-c4ccccc4O)n3)c2)c2ccccc21. The summed E-state index contributed by atoms with van der Waals surface area (Å²) in [5.74, 6) is 2.01. The van der Waals surface area contributed by atoms with Crippen molar-refractivity contribution in [3.8, 4) is 56.3 Å². The lowest BCUT2D eigenvalue weighted by Crippen LogP contribution is -2.26. The number of hydrogen-bond acceptors (Lipinski definition) is 4. The van der Waals surface area contributed by atoms with Gasteiger partial charge in [0.05, 0.1) is 28.3 Å². The van der Waals surface area contributed by atoms with Gasteiger partial charge in [-0.1, -0.05) is 152 Å². The summed E-state index contributed by atoms with van der Waals surface area (Å²) in [5, 5.41) is 11.4. The van der Waals surface area contributed by atoms with Crippen LogP contribution in [0.3, 0.4) is 0 Å². The molecule has 316 valence electrons. The fraction of sp³-hybridized carbons (Fsp3) is 0.224. The van der Waals surface area contributed by atoms with Crippen LogP contribution in [0.15, 0.2) is 164 Å². The predicted octanol–water partition coefficient (Wildman–Crippen LogP) is 16.0. The van der Waals surface area contributed by atoms with Gasteiger partial charge < -0.3 is 14.9 Å². The second-order valence-corrected chi connectivity index (χ2v) is 18.2. The molecule has 0 saturated heterocycles. The van der Waals surface area contributed by atoms with E-state index in [2.05, 4.69) is 209 Å². The van der Waals surface area contributed by atoms with Gasteiger partial charge in [-0.15, -0.1) is 0 Å². The van der Waals surface area contributed by atoms with Crippen LogP contribution in [0.2, 0.25) is 0 Å². The van der Waals surface area contributed by atoms with E-state index in [1.54, 1.807) is 6.07 Å². The number of aromatic nitrogens is 2. The van der Waals surface area contributed by atoms with E-state index in [9.17, 15) is 5.11 Å². The van der Waals surface area contributed by atoms with E-state index in [1.165, 1.54) is 61.6 Å². The van der Waals surface area contributed by atoms with E-state index in [0.717, 1.165) is 22.6 Å². The summed E-state index contributed by atoms with van der Waals surface area (Å²) in [6.45, 7) is 19.0. The van der Waals surface area contributed by atoms with Gasteiger partial charge in [0.2, 0.25) is 0 Å². The predicted molar refractivity (Wildman–Crippen MR) is 265 cm³/mol. The molecule has 0 saturated carbocycles. The van der Waals surface area contributed by atoms with Crippen molar-refractivity contribution in [3.63, 3.8) is 0 Å². The van der Waals surface area contributed by atoms with Crippen LogP contribution in [0.25, 0.3) is 50.6 Å². The summed E-state index contributed by atoms with van der Waals surface area (Å²) in [6.07, 6.45) is 2.18. The first-order valence-electron chi connectivity index (χ1n) is 22.6. The number of anilines is 4. The Kier molecular flexibility index (Phi) is 11.3. The highest BCUT2D eigenvalue weighted by Crippen LogP contribution is 2.50. The summed E-state index contributed by atoms with van der Waals surface area (Å²) >= 11 is 0. The lowest BCUT2D eigenvalue weighted by Gasteiger charge is -2.30.